The van der Waals surface area contributed by atoms with Crippen molar-refractivity contribution < 1.29 is 0 Å². The summed E-state index contributed by atoms with van der Waals surface area (Å²) in [5.41, 5.74) is 14.8. The number of hydrogen-bond acceptors (Lipinski definition) is 4. The van der Waals surface area contributed by atoms with Crippen LogP contribution in [0.3, 0.4) is 0 Å². The number of hydrogen-bond donors (Lipinski definition) is 0. The molecule has 1 aliphatic carbocycles. The molecule has 4 nitrogen and oxygen atoms in total. The summed E-state index contributed by atoms with van der Waals surface area (Å²) in [7, 11) is 0. The Kier molecular flexibility index (Phi) is 10.5. The zero-order valence-electron chi connectivity index (χ0n) is 32.2. The topological polar surface area (TPSA) is 51.6 Å². The smallest absolute Gasteiger partial charge is 0.164 e. The van der Waals surface area contributed by atoms with E-state index in [2.05, 4.69) is 105 Å². The summed E-state index contributed by atoms with van der Waals surface area (Å²) in [5, 5.41) is 2.48. The normalized spacial score (nSPS) is 11.8. The highest BCUT2D eigenvalue weighted by Gasteiger charge is 2.18. The summed E-state index contributed by atoms with van der Waals surface area (Å²) < 4.78 is 0. The van der Waals surface area contributed by atoms with Gasteiger partial charge in [-0.05, 0) is 123 Å². The first-order valence-electron chi connectivity index (χ1n) is 19.5. The fourth-order valence-electron chi connectivity index (χ4n) is 7.54. The Balaban J connectivity index is 0.00000143. The first-order valence-corrected chi connectivity index (χ1v) is 19.5. The molecule has 0 bridgehead atoms. The molecule has 2 aromatic heterocycles. The molecule has 4 heteroatoms. The van der Waals surface area contributed by atoms with E-state index in [1.54, 1.807) is 0 Å². The molecule has 6 aromatic carbocycles. The van der Waals surface area contributed by atoms with E-state index < -0.39 is 0 Å². The summed E-state index contributed by atoms with van der Waals surface area (Å²) in [6, 6.07) is 46.6. The molecule has 0 atom stereocenters. The molecular weight excluding hydrogens is 681 g/mol. The predicted octanol–water partition coefficient (Wildman–Crippen LogP) is 13.7. The minimum Gasteiger partial charge on any atom is -0.265 e. The molecule has 0 unspecified atom stereocenters. The molecule has 0 radical (unpaired) electrons. The molecular formula is C52H44N4. The van der Waals surface area contributed by atoms with Gasteiger partial charge in [-0.2, -0.15) is 0 Å². The van der Waals surface area contributed by atoms with Crippen LogP contribution in [0.5, 0.6) is 0 Å². The quantitative estimate of drug-likeness (QED) is 0.164. The van der Waals surface area contributed by atoms with Gasteiger partial charge >= 0.3 is 0 Å². The Morgan fingerprint density at radius 3 is 1.62 bits per heavy atom. The minimum atomic E-state index is 0.625. The SMILES string of the molecule is C=Cc1c(C)c2c(c3cc(-c4cc(-c5ccc(-c6ccncc6)cc5)cc(-c5nc(-c6ccccc6)nc(-c6ccccc6)n5)c4)ccc13)C=CCC2.CCC. The molecule has 9 rings (SSSR count). The van der Waals surface area contributed by atoms with E-state index in [1.807, 2.05) is 91.3 Å². The third kappa shape index (κ3) is 7.34. The van der Waals surface area contributed by atoms with Gasteiger partial charge in [-0.1, -0.05) is 142 Å². The van der Waals surface area contributed by atoms with Crippen molar-refractivity contribution in [2.75, 3.05) is 0 Å². The van der Waals surface area contributed by atoms with Crippen molar-refractivity contribution in [2.45, 2.75) is 40.0 Å². The standard InChI is InChI=1S/C49H36N4.C3H8/c1-3-42-32(2)43-16-10-11-17-44(43)46-31-38(22-23-45(42)46)40-28-39(34-20-18-33(19-21-34)35-24-26-50-27-25-35)29-41(30-40)49-52-47(36-12-6-4-7-13-36)51-48(53-49)37-14-8-5-9-15-37;1-3-2/h3-9,11-15,17-31H,1,10,16H2,2H3;3H2,1-2H3. The first-order chi connectivity index (χ1) is 27.5. The molecule has 0 aliphatic heterocycles. The largest absolute Gasteiger partial charge is 0.265 e. The number of aromatic nitrogens is 4. The van der Waals surface area contributed by atoms with Crippen molar-refractivity contribution in [3.05, 3.63) is 181 Å². The second-order valence-electron chi connectivity index (χ2n) is 14.2. The van der Waals surface area contributed by atoms with E-state index in [0.29, 0.717) is 17.5 Å². The lowest BCUT2D eigenvalue weighted by Crippen LogP contribution is -2.02. The zero-order valence-corrected chi connectivity index (χ0v) is 32.2. The molecule has 0 fully saturated rings. The van der Waals surface area contributed by atoms with Crippen molar-refractivity contribution in [1.29, 1.82) is 0 Å². The maximum atomic E-state index is 5.11. The van der Waals surface area contributed by atoms with Gasteiger partial charge in [-0.3, -0.25) is 4.98 Å². The molecule has 0 saturated heterocycles. The van der Waals surface area contributed by atoms with Crippen LogP contribution in [-0.4, -0.2) is 19.9 Å². The van der Waals surface area contributed by atoms with Crippen LogP contribution in [-0.2, 0) is 6.42 Å². The van der Waals surface area contributed by atoms with Crippen molar-refractivity contribution in [3.8, 4) is 67.5 Å². The van der Waals surface area contributed by atoms with Gasteiger partial charge in [0.15, 0.2) is 17.5 Å². The second-order valence-corrected chi connectivity index (χ2v) is 14.2. The third-order valence-electron chi connectivity index (χ3n) is 10.3. The Bertz CT molecular complexity index is 2620. The summed E-state index contributed by atoms with van der Waals surface area (Å²) in [5.74, 6) is 1.90. The first kappa shape index (κ1) is 36.2. The minimum absolute atomic E-state index is 0.625. The molecule has 272 valence electrons. The number of rotatable bonds is 7. The van der Waals surface area contributed by atoms with Crippen LogP contribution < -0.4 is 0 Å². The molecule has 56 heavy (non-hydrogen) atoms. The van der Waals surface area contributed by atoms with Gasteiger partial charge in [0.1, 0.15) is 0 Å². The van der Waals surface area contributed by atoms with E-state index in [0.717, 1.165) is 62.9 Å². The maximum absolute atomic E-state index is 5.11. The lowest BCUT2D eigenvalue weighted by Gasteiger charge is -2.20. The van der Waals surface area contributed by atoms with Crippen LogP contribution >= 0.6 is 0 Å². The average molecular weight is 725 g/mol. The van der Waals surface area contributed by atoms with Crippen LogP contribution in [0.1, 0.15) is 48.9 Å². The van der Waals surface area contributed by atoms with Crippen molar-refractivity contribution in [2.24, 2.45) is 0 Å². The van der Waals surface area contributed by atoms with Gasteiger partial charge in [-0.25, -0.2) is 15.0 Å². The lowest BCUT2D eigenvalue weighted by atomic mass is 9.84. The van der Waals surface area contributed by atoms with E-state index in [9.17, 15) is 0 Å². The third-order valence-corrected chi connectivity index (χ3v) is 10.3. The monoisotopic (exact) mass is 724 g/mol. The number of benzene rings is 6. The highest BCUT2D eigenvalue weighted by atomic mass is 15.0. The summed E-state index contributed by atoms with van der Waals surface area (Å²) >= 11 is 0. The molecule has 1 aliphatic rings. The average Bonchev–Trinajstić information content (AvgIpc) is 3.27. The summed E-state index contributed by atoms with van der Waals surface area (Å²) in [4.78, 5) is 19.4. The van der Waals surface area contributed by atoms with Crippen LogP contribution in [0.15, 0.2) is 159 Å². The van der Waals surface area contributed by atoms with E-state index in [1.165, 1.54) is 39.4 Å². The molecule has 0 saturated carbocycles. The summed E-state index contributed by atoms with van der Waals surface area (Å²) in [6.07, 6.45) is 13.6. The molecule has 0 N–H and O–H groups in total. The van der Waals surface area contributed by atoms with E-state index >= 15 is 0 Å². The van der Waals surface area contributed by atoms with Crippen LogP contribution in [0.4, 0.5) is 0 Å². The summed E-state index contributed by atoms with van der Waals surface area (Å²) in [6.45, 7) is 10.7. The number of pyridine rings is 1. The van der Waals surface area contributed by atoms with Gasteiger partial charge in [0.25, 0.3) is 0 Å². The maximum Gasteiger partial charge on any atom is 0.164 e. The van der Waals surface area contributed by atoms with Crippen LogP contribution in [0.2, 0.25) is 0 Å². The van der Waals surface area contributed by atoms with Gasteiger partial charge in [0.2, 0.25) is 0 Å². The molecule has 2 heterocycles. The molecule has 0 amide bonds. The van der Waals surface area contributed by atoms with Crippen molar-refractivity contribution >= 4 is 22.9 Å². The Morgan fingerprint density at radius 1 is 0.536 bits per heavy atom. The molecule has 0 spiro atoms. The fraction of sp³-hybridized carbons (Fsp3) is 0.115. The van der Waals surface area contributed by atoms with Crippen molar-refractivity contribution in [1.82, 2.24) is 19.9 Å². The predicted molar refractivity (Wildman–Crippen MR) is 236 cm³/mol. The lowest BCUT2D eigenvalue weighted by molar-refractivity contribution is 0.974. The highest BCUT2D eigenvalue weighted by Crippen LogP contribution is 2.39. The van der Waals surface area contributed by atoms with E-state index in [4.69, 9.17) is 15.0 Å². The fourth-order valence-corrected chi connectivity index (χ4v) is 7.54. The second kappa shape index (κ2) is 16.3. The van der Waals surface area contributed by atoms with Crippen LogP contribution in [0, 0.1) is 6.92 Å². The highest BCUT2D eigenvalue weighted by molar-refractivity contribution is 6.01. The number of fused-ring (bicyclic) bond motifs is 3. The van der Waals surface area contributed by atoms with Gasteiger partial charge in [0, 0.05) is 29.1 Å². The Morgan fingerprint density at radius 2 is 1.04 bits per heavy atom. The Labute approximate surface area is 330 Å². The van der Waals surface area contributed by atoms with Crippen LogP contribution in [0.25, 0.3) is 90.5 Å². The molecule has 8 aromatic rings. The van der Waals surface area contributed by atoms with Gasteiger partial charge in [0.05, 0.1) is 0 Å². The van der Waals surface area contributed by atoms with Crippen molar-refractivity contribution in [3.63, 3.8) is 0 Å². The Hall–Kier alpha value is -6.78. The zero-order chi connectivity index (χ0) is 38.4. The van der Waals surface area contributed by atoms with Gasteiger partial charge in [-0.15, -0.1) is 0 Å². The van der Waals surface area contributed by atoms with E-state index in [-0.39, 0.29) is 0 Å². The number of allylic oxidation sites excluding steroid dienone is 1. The number of nitrogens with zero attached hydrogens (tertiary/aromatic N) is 4. The van der Waals surface area contributed by atoms with Gasteiger partial charge < -0.3 is 0 Å².